The van der Waals surface area contributed by atoms with Gasteiger partial charge in [-0.1, -0.05) is 6.07 Å². The van der Waals surface area contributed by atoms with Crippen molar-refractivity contribution in [2.45, 2.75) is 39.7 Å². The third kappa shape index (κ3) is 3.48. The Kier molecular flexibility index (Phi) is 5.83. The minimum Gasteiger partial charge on any atom is -0.496 e. The summed E-state index contributed by atoms with van der Waals surface area (Å²) in [5.41, 5.74) is 10.8. The fourth-order valence-corrected chi connectivity index (χ4v) is 2.75. The predicted octanol–water partition coefficient (Wildman–Crippen LogP) is 2.96. The number of rotatable bonds is 6. The number of nitrogens with zero attached hydrogens (tertiary/aromatic N) is 1. The topological polar surface area (TPSA) is 38.5 Å². The van der Waals surface area contributed by atoms with Crippen molar-refractivity contribution < 1.29 is 4.74 Å². The second-order valence-electron chi connectivity index (χ2n) is 5.48. The molecule has 0 saturated carbocycles. The van der Waals surface area contributed by atoms with Crippen molar-refractivity contribution in [2.24, 2.45) is 5.73 Å². The van der Waals surface area contributed by atoms with Gasteiger partial charge in [-0.3, -0.25) is 0 Å². The lowest BCUT2D eigenvalue weighted by molar-refractivity contribution is 0.279. The van der Waals surface area contributed by atoms with Crippen LogP contribution in [0.2, 0.25) is 0 Å². The first-order chi connectivity index (χ1) is 8.93. The fraction of sp³-hybridized carbons (Fsp3) is 0.625. The lowest BCUT2D eigenvalue weighted by Crippen LogP contribution is -2.22. The highest BCUT2D eigenvalue weighted by Gasteiger charge is 2.19. The fourth-order valence-electron chi connectivity index (χ4n) is 2.75. The Hall–Kier alpha value is -1.06. The SMILES string of the molecule is COc1c(C)cc(C(CCCN)N(C)C)c(C)c1C. The summed E-state index contributed by atoms with van der Waals surface area (Å²) >= 11 is 0. The quantitative estimate of drug-likeness (QED) is 0.858. The van der Waals surface area contributed by atoms with Crippen LogP contribution in [-0.2, 0) is 0 Å². The van der Waals surface area contributed by atoms with Crippen molar-refractivity contribution in [3.8, 4) is 5.75 Å². The van der Waals surface area contributed by atoms with Gasteiger partial charge in [0.15, 0.2) is 0 Å². The number of hydrogen-bond donors (Lipinski definition) is 1. The van der Waals surface area contributed by atoms with Gasteiger partial charge in [-0.2, -0.15) is 0 Å². The van der Waals surface area contributed by atoms with Crippen molar-refractivity contribution in [2.75, 3.05) is 27.7 Å². The number of nitrogens with two attached hydrogens (primary N) is 1. The molecule has 3 heteroatoms. The Bertz CT molecular complexity index is 427. The molecule has 0 aliphatic rings. The Labute approximate surface area is 117 Å². The maximum Gasteiger partial charge on any atom is 0.124 e. The maximum atomic E-state index is 5.66. The maximum absolute atomic E-state index is 5.66. The molecule has 0 aliphatic carbocycles. The normalized spacial score (nSPS) is 12.8. The molecule has 0 heterocycles. The van der Waals surface area contributed by atoms with Crippen molar-refractivity contribution in [3.63, 3.8) is 0 Å². The molecule has 1 unspecified atom stereocenters. The largest absolute Gasteiger partial charge is 0.496 e. The molecule has 108 valence electrons. The van der Waals surface area contributed by atoms with Crippen LogP contribution in [0.3, 0.4) is 0 Å². The Balaban J connectivity index is 3.24. The van der Waals surface area contributed by atoms with E-state index in [0.29, 0.717) is 6.04 Å². The third-order valence-corrected chi connectivity index (χ3v) is 3.93. The molecule has 0 aromatic heterocycles. The summed E-state index contributed by atoms with van der Waals surface area (Å²) in [7, 11) is 6.01. The van der Waals surface area contributed by atoms with Gasteiger partial charge in [0.1, 0.15) is 5.75 Å². The van der Waals surface area contributed by atoms with Gasteiger partial charge in [0, 0.05) is 6.04 Å². The van der Waals surface area contributed by atoms with E-state index in [1.165, 1.54) is 22.3 Å². The van der Waals surface area contributed by atoms with Gasteiger partial charge in [-0.25, -0.2) is 0 Å². The van der Waals surface area contributed by atoms with E-state index in [1.54, 1.807) is 7.11 Å². The van der Waals surface area contributed by atoms with Crippen LogP contribution in [0.25, 0.3) is 0 Å². The molecule has 0 bridgehead atoms. The minimum atomic E-state index is 0.423. The summed E-state index contributed by atoms with van der Waals surface area (Å²) in [6, 6.07) is 2.69. The van der Waals surface area contributed by atoms with E-state index in [1.807, 2.05) is 0 Å². The van der Waals surface area contributed by atoms with Gasteiger partial charge in [0.25, 0.3) is 0 Å². The second-order valence-corrected chi connectivity index (χ2v) is 5.48. The molecule has 0 spiro atoms. The third-order valence-electron chi connectivity index (χ3n) is 3.93. The number of benzene rings is 1. The molecule has 3 nitrogen and oxygen atoms in total. The summed E-state index contributed by atoms with van der Waals surface area (Å²) in [6.45, 7) is 7.19. The average Bonchev–Trinajstić information content (AvgIpc) is 2.35. The van der Waals surface area contributed by atoms with Gasteiger partial charge >= 0.3 is 0 Å². The van der Waals surface area contributed by atoms with Crippen LogP contribution >= 0.6 is 0 Å². The van der Waals surface area contributed by atoms with Crippen LogP contribution in [0.5, 0.6) is 5.75 Å². The van der Waals surface area contributed by atoms with Crippen LogP contribution < -0.4 is 10.5 Å². The molecule has 0 saturated heterocycles. The molecule has 0 fully saturated rings. The van der Waals surface area contributed by atoms with Crippen LogP contribution in [0.15, 0.2) is 6.07 Å². The molecule has 19 heavy (non-hydrogen) atoms. The first kappa shape index (κ1) is 16.0. The van der Waals surface area contributed by atoms with Crippen LogP contribution in [0.4, 0.5) is 0 Å². The zero-order chi connectivity index (χ0) is 14.6. The summed E-state index contributed by atoms with van der Waals surface area (Å²) in [6.07, 6.45) is 2.14. The van der Waals surface area contributed by atoms with Crippen LogP contribution in [0, 0.1) is 20.8 Å². The molecule has 0 amide bonds. The monoisotopic (exact) mass is 264 g/mol. The van der Waals surface area contributed by atoms with Crippen molar-refractivity contribution in [3.05, 3.63) is 28.3 Å². The van der Waals surface area contributed by atoms with E-state index in [2.05, 4.69) is 45.8 Å². The highest BCUT2D eigenvalue weighted by Crippen LogP contribution is 2.34. The molecule has 1 aromatic carbocycles. The minimum absolute atomic E-state index is 0.423. The van der Waals surface area contributed by atoms with E-state index in [9.17, 15) is 0 Å². The lowest BCUT2D eigenvalue weighted by Gasteiger charge is -2.28. The Morgan fingerprint density at radius 3 is 2.32 bits per heavy atom. The molecule has 2 N–H and O–H groups in total. The number of methoxy groups -OCH3 is 1. The van der Waals surface area contributed by atoms with E-state index >= 15 is 0 Å². The lowest BCUT2D eigenvalue weighted by atomic mass is 9.91. The highest BCUT2D eigenvalue weighted by atomic mass is 16.5. The number of ether oxygens (including phenoxy) is 1. The van der Waals surface area contributed by atoms with E-state index in [0.717, 1.165) is 25.1 Å². The van der Waals surface area contributed by atoms with Crippen molar-refractivity contribution >= 4 is 0 Å². The first-order valence-electron chi connectivity index (χ1n) is 6.95. The van der Waals surface area contributed by atoms with E-state index in [4.69, 9.17) is 10.5 Å². The van der Waals surface area contributed by atoms with E-state index < -0.39 is 0 Å². The Morgan fingerprint density at radius 1 is 1.21 bits per heavy atom. The number of hydrogen-bond acceptors (Lipinski definition) is 3. The molecular formula is C16H28N2O. The van der Waals surface area contributed by atoms with Crippen LogP contribution in [-0.4, -0.2) is 32.6 Å². The molecule has 1 aromatic rings. The second kappa shape index (κ2) is 6.92. The van der Waals surface area contributed by atoms with Crippen molar-refractivity contribution in [1.82, 2.24) is 4.90 Å². The number of aryl methyl sites for hydroxylation is 1. The van der Waals surface area contributed by atoms with Crippen molar-refractivity contribution in [1.29, 1.82) is 0 Å². The van der Waals surface area contributed by atoms with E-state index in [-0.39, 0.29) is 0 Å². The highest BCUT2D eigenvalue weighted by molar-refractivity contribution is 5.50. The first-order valence-corrected chi connectivity index (χ1v) is 6.95. The standard InChI is InChI=1S/C16H28N2O/c1-11-10-14(12(2)13(3)16(11)19-6)15(18(4)5)8-7-9-17/h10,15H,7-9,17H2,1-6H3. The molecule has 0 aliphatic heterocycles. The molecule has 1 rings (SSSR count). The summed E-state index contributed by atoms with van der Waals surface area (Å²) in [5.74, 6) is 1.01. The van der Waals surface area contributed by atoms with Gasteiger partial charge in [0.05, 0.1) is 7.11 Å². The van der Waals surface area contributed by atoms with Crippen LogP contribution in [0.1, 0.15) is 41.1 Å². The predicted molar refractivity (Wildman–Crippen MR) is 81.9 cm³/mol. The van der Waals surface area contributed by atoms with Gasteiger partial charge in [0.2, 0.25) is 0 Å². The van der Waals surface area contributed by atoms with Gasteiger partial charge < -0.3 is 15.4 Å². The Morgan fingerprint density at radius 2 is 1.84 bits per heavy atom. The summed E-state index contributed by atoms with van der Waals surface area (Å²) in [4.78, 5) is 2.28. The van der Waals surface area contributed by atoms with Gasteiger partial charge in [-0.15, -0.1) is 0 Å². The van der Waals surface area contributed by atoms with Gasteiger partial charge in [-0.05, 0) is 76.5 Å². The molecular weight excluding hydrogens is 236 g/mol. The zero-order valence-electron chi connectivity index (χ0n) is 13.2. The molecule has 1 atom stereocenters. The summed E-state index contributed by atoms with van der Waals surface area (Å²) < 4.78 is 5.50. The molecule has 0 radical (unpaired) electrons. The summed E-state index contributed by atoms with van der Waals surface area (Å²) in [5, 5.41) is 0. The average molecular weight is 264 g/mol. The zero-order valence-corrected chi connectivity index (χ0v) is 13.2. The smallest absolute Gasteiger partial charge is 0.124 e.